The summed E-state index contributed by atoms with van der Waals surface area (Å²) in [5.74, 6) is 2.35. The third-order valence-electron chi connectivity index (χ3n) is 4.49. The molecule has 3 aromatic rings. The highest BCUT2D eigenvalue weighted by atomic mass is 16.5. The molecule has 1 amide bonds. The van der Waals surface area contributed by atoms with Crippen molar-refractivity contribution in [2.45, 2.75) is 26.7 Å². The van der Waals surface area contributed by atoms with E-state index in [0.717, 1.165) is 30.0 Å². The van der Waals surface area contributed by atoms with E-state index < -0.39 is 0 Å². The van der Waals surface area contributed by atoms with Gasteiger partial charge in [-0.15, -0.1) is 0 Å². The highest BCUT2D eigenvalue weighted by Crippen LogP contribution is 2.24. The van der Waals surface area contributed by atoms with E-state index in [0.29, 0.717) is 11.5 Å². The van der Waals surface area contributed by atoms with Crippen LogP contribution in [0.4, 0.5) is 17.2 Å². The summed E-state index contributed by atoms with van der Waals surface area (Å²) in [5, 5.41) is 6.16. The second-order valence-corrected chi connectivity index (χ2v) is 6.50. The van der Waals surface area contributed by atoms with Crippen LogP contribution in [-0.4, -0.2) is 10.9 Å². The molecule has 144 valence electrons. The number of benzene rings is 2. The van der Waals surface area contributed by atoms with Crippen molar-refractivity contribution in [2.75, 3.05) is 10.6 Å². The summed E-state index contributed by atoms with van der Waals surface area (Å²) < 4.78 is 5.79. The van der Waals surface area contributed by atoms with Gasteiger partial charge < -0.3 is 15.4 Å². The van der Waals surface area contributed by atoms with Gasteiger partial charge in [0, 0.05) is 11.6 Å². The Hall–Kier alpha value is -3.34. The zero-order chi connectivity index (χ0) is 19.8. The average molecular weight is 375 g/mol. The van der Waals surface area contributed by atoms with Crippen molar-refractivity contribution in [1.29, 1.82) is 0 Å². The van der Waals surface area contributed by atoms with Crippen molar-refractivity contribution < 1.29 is 9.53 Å². The number of aromatic nitrogens is 1. The maximum absolute atomic E-state index is 12.1. The number of ether oxygens (including phenoxy) is 1. The number of nitrogens with zero attached hydrogens (tertiary/aromatic N) is 1. The zero-order valence-corrected chi connectivity index (χ0v) is 16.2. The molecule has 1 heterocycles. The number of amides is 1. The predicted octanol–water partition coefficient (Wildman–Crippen LogP) is 5.99. The summed E-state index contributed by atoms with van der Waals surface area (Å²) in [6.45, 7) is 4.05. The minimum Gasteiger partial charge on any atom is -0.457 e. The first-order valence-electron chi connectivity index (χ1n) is 9.54. The molecule has 0 saturated carbocycles. The monoisotopic (exact) mass is 375 g/mol. The summed E-state index contributed by atoms with van der Waals surface area (Å²) in [4.78, 5) is 16.5. The first-order chi connectivity index (χ1) is 13.7. The molecular formula is C23H25N3O2. The molecule has 0 fully saturated rings. The maximum atomic E-state index is 12.1. The SMILES string of the molecule is CCC(CC)C(=O)Nc1ccc(Nc2ccc(Oc3ccccc3)cc2)nc1. The number of nitrogens with one attached hydrogen (secondary N) is 2. The Labute approximate surface area is 165 Å². The van der Waals surface area contributed by atoms with Crippen LogP contribution in [0, 0.1) is 5.92 Å². The van der Waals surface area contributed by atoms with E-state index in [1.165, 1.54) is 0 Å². The molecule has 0 aliphatic carbocycles. The maximum Gasteiger partial charge on any atom is 0.227 e. The van der Waals surface area contributed by atoms with Gasteiger partial charge in [0.1, 0.15) is 17.3 Å². The molecule has 1 aromatic heterocycles. The first kappa shape index (κ1) is 19.4. The Morgan fingerprint density at radius 1 is 0.893 bits per heavy atom. The lowest BCUT2D eigenvalue weighted by Gasteiger charge is -2.13. The number of para-hydroxylation sites is 1. The fourth-order valence-electron chi connectivity index (χ4n) is 2.82. The van der Waals surface area contributed by atoms with Gasteiger partial charge in [0.25, 0.3) is 0 Å². The van der Waals surface area contributed by atoms with Gasteiger partial charge >= 0.3 is 0 Å². The molecule has 28 heavy (non-hydrogen) atoms. The average Bonchev–Trinajstić information content (AvgIpc) is 2.73. The molecule has 5 nitrogen and oxygen atoms in total. The Morgan fingerprint density at radius 3 is 2.14 bits per heavy atom. The predicted molar refractivity (Wildman–Crippen MR) is 113 cm³/mol. The third-order valence-corrected chi connectivity index (χ3v) is 4.49. The number of carbonyl (C=O) groups excluding carboxylic acids is 1. The molecule has 0 aliphatic heterocycles. The van der Waals surface area contributed by atoms with Crippen molar-refractivity contribution >= 4 is 23.1 Å². The van der Waals surface area contributed by atoms with Gasteiger partial charge in [0.2, 0.25) is 5.91 Å². The Balaban J connectivity index is 1.57. The van der Waals surface area contributed by atoms with E-state index in [4.69, 9.17) is 4.74 Å². The minimum atomic E-state index is 0.0365. The molecule has 0 unspecified atom stereocenters. The highest BCUT2D eigenvalue weighted by molar-refractivity contribution is 5.92. The number of carbonyl (C=O) groups is 1. The highest BCUT2D eigenvalue weighted by Gasteiger charge is 2.14. The number of rotatable bonds is 8. The summed E-state index contributed by atoms with van der Waals surface area (Å²) in [6, 6.07) is 21.0. The van der Waals surface area contributed by atoms with Crippen LogP contribution >= 0.6 is 0 Å². The molecule has 0 radical (unpaired) electrons. The molecule has 0 aliphatic rings. The molecule has 0 bridgehead atoms. The Kier molecular flexibility index (Phi) is 6.63. The molecule has 2 aromatic carbocycles. The Morgan fingerprint density at radius 2 is 1.54 bits per heavy atom. The van der Waals surface area contributed by atoms with Crippen molar-refractivity contribution in [3.05, 3.63) is 72.9 Å². The third kappa shape index (κ3) is 5.33. The fraction of sp³-hybridized carbons (Fsp3) is 0.217. The van der Waals surface area contributed by atoms with Gasteiger partial charge in [-0.3, -0.25) is 4.79 Å². The van der Waals surface area contributed by atoms with Crippen LogP contribution in [-0.2, 0) is 4.79 Å². The number of hydrogen-bond donors (Lipinski definition) is 2. The molecule has 0 saturated heterocycles. The fourth-order valence-corrected chi connectivity index (χ4v) is 2.82. The quantitative estimate of drug-likeness (QED) is 0.507. The van der Waals surface area contributed by atoms with E-state index in [1.54, 1.807) is 6.20 Å². The van der Waals surface area contributed by atoms with E-state index >= 15 is 0 Å². The standard InChI is InChI=1S/C23H25N3O2/c1-3-17(4-2)23(27)26-19-12-15-22(24-16-19)25-18-10-13-21(14-11-18)28-20-8-6-5-7-9-20/h5-17H,3-4H2,1-2H3,(H,24,25)(H,26,27). The molecule has 0 spiro atoms. The minimum absolute atomic E-state index is 0.0365. The van der Waals surface area contributed by atoms with E-state index in [9.17, 15) is 4.79 Å². The van der Waals surface area contributed by atoms with Crippen LogP contribution in [0.25, 0.3) is 0 Å². The van der Waals surface area contributed by atoms with Crippen LogP contribution in [0.1, 0.15) is 26.7 Å². The van der Waals surface area contributed by atoms with Crippen molar-refractivity contribution in [1.82, 2.24) is 4.98 Å². The first-order valence-corrected chi connectivity index (χ1v) is 9.54. The zero-order valence-electron chi connectivity index (χ0n) is 16.2. The van der Waals surface area contributed by atoms with Crippen molar-refractivity contribution in [2.24, 2.45) is 5.92 Å². The van der Waals surface area contributed by atoms with Crippen LogP contribution in [0.15, 0.2) is 72.9 Å². The summed E-state index contributed by atoms with van der Waals surface area (Å²) >= 11 is 0. The summed E-state index contributed by atoms with van der Waals surface area (Å²) in [7, 11) is 0. The van der Waals surface area contributed by atoms with Crippen molar-refractivity contribution in [3.8, 4) is 11.5 Å². The van der Waals surface area contributed by atoms with Crippen LogP contribution in [0.2, 0.25) is 0 Å². The number of anilines is 3. The van der Waals surface area contributed by atoms with Crippen LogP contribution in [0.5, 0.6) is 11.5 Å². The van der Waals surface area contributed by atoms with Crippen LogP contribution < -0.4 is 15.4 Å². The van der Waals surface area contributed by atoms with E-state index in [-0.39, 0.29) is 11.8 Å². The lowest BCUT2D eigenvalue weighted by Crippen LogP contribution is -2.21. The summed E-state index contributed by atoms with van der Waals surface area (Å²) in [5.41, 5.74) is 1.61. The van der Waals surface area contributed by atoms with Gasteiger partial charge in [-0.25, -0.2) is 4.98 Å². The van der Waals surface area contributed by atoms with Gasteiger partial charge in [-0.05, 0) is 61.4 Å². The van der Waals surface area contributed by atoms with Crippen molar-refractivity contribution in [3.63, 3.8) is 0 Å². The lowest BCUT2D eigenvalue weighted by molar-refractivity contribution is -0.120. The van der Waals surface area contributed by atoms with Crippen LogP contribution in [0.3, 0.4) is 0 Å². The topological polar surface area (TPSA) is 63.2 Å². The van der Waals surface area contributed by atoms with Gasteiger partial charge in [0.15, 0.2) is 0 Å². The smallest absolute Gasteiger partial charge is 0.227 e. The molecule has 2 N–H and O–H groups in total. The molecular weight excluding hydrogens is 350 g/mol. The van der Waals surface area contributed by atoms with E-state index in [1.807, 2.05) is 80.6 Å². The molecule has 3 rings (SSSR count). The van der Waals surface area contributed by atoms with Gasteiger partial charge in [0.05, 0.1) is 11.9 Å². The number of hydrogen-bond acceptors (Lipinski definition) is 4. The summed E-state index contributed by atoms with van der Waals surface area (Å²) in [6.07, 6.45) is 3.33. The second kappa shape index (κ2) is 9.55. The Bertz CT molecular complexity index is 874. The normalized spacial score (nSPS) is 10.5. The largest absolute Gasteiger partial charge is 0.457 e. The molecule has 0 atom stereocenters. The van der Waals surface area contributed by atoms with Gasteiger partial charge in [-0.2, -0.15) is 0 Å². The lowest BCUT2D eigenvalue weighted by atomic mass is 10.0. The number of pyridine rings is 1. The van der Waals surface area contributed by atoms with E-state index in [2.05, 4.69) is 15.6 Å². The van der Waals surface area contributed by atoms with Gasteiger partial charge in [-0.1, -0.05) is 32.0 Å². The second-order valence-electron chi connectivity index (χ2n) is 6.50. The molecule has 5 heteroatoms.